The highest BCUT2D eigenvalue weighted by molar-refractivity contribution is 14.0. The van der Waals surface area contributed by atoms with Crippen LogP contribution in [0.1, 0.15) is 0 Å². The molecule has 5 heteroatoms. The molecular formula is C10H15IN4. The number of hydrogen-bond donors (Lipinski definition) is 2. The third-order valence-electron chi connectivity index (χ3n) is 2.15. The minimum absolute atomic E-state index is 0. The van der Waals surface area contributed by atoms with Crippen molar-refractivity contribution in [2.45, 2.75) is 0 Å². The van der Waals surface area contributed by atoms with E-state index in [9.17, 15) is 0 Å². The molecule has 0 fully saturated rings. The maximum Gasteiger partial charge on any atom is 0.212 e. The van der Waals surface area contributed by atoms with E-state index in [2.05, 4.69) is 20.7 Å². The van der Waals surface area contributed by atoms with Gasteiger partial charge in [-0.3, -0.25) is 10.9 Å². The molecular weight excluding hydrogens is 303 g/mol. The molecule has 0 saturated heterocycles. The van der Waals surface area contributed by atoms with Crippen molar-refractivity contribution in [3.8, 4) is 0 Å². The standard InChI is InChI=1S/C10H14N4.HI/c1-14-8-7-11-10(14)13-12-9-5-3-2-4-6-9;/h2-6,12H,7-8H2,1H3,(H,11,13);1H. The summed E-state index contributed by atoms with van der Waals surface area (Å²) in [5.41, 5.74) is 7.21. The summed E-state index contributed by atoms with van der Waals surface area (Å²) in [6.07, 6.45) is 0. The number of rotatable bonds is 2. The van der Waals surface area contributed by atoms with Crippen molar-refractivity contribution in [3.05, 3.63) is 30.3 Å². The second kappa shape index (κ2) is 5.79. The largest absolute Gasteiger partial charge is 0.343 e. The summed E-state index contributed by atoms with van der Waals surface area (Å²) >= 11 is 0. The minimum atomic E-state index is 0. The van der Waals surface area contributed by atoms with Gasteiger partial charge in [-0.15, -0.1) is 24.0 Å². The van der Waals surface area contributed by atoms with Crippen molar-refractivity contribution < 1.29 is 0 Å². The molecule has 1 aliphatic rings. The maximum absolute atomic E-state index is 4.30. The number of halogens is 1. The number of likely N-dealkylation sites (N-methyl/N-ethyl adjacent to an activating group) is 1. The van der Waals surface area contributed by atoms with Crippen LogP contribution >= 0.6 is 24.0 Å². The molecule has 0 aliphatic carbocycles. The Labute approximate surface area is 107 Å². The Kier molecular flexibility index (Phi) is 4.67. The number of benzene rings is 1. The van der Waals surface area contributed by atoms with Crippen LogP contribution in [-0.2, 0) is 0 Å². The summed E-state index contributed by atoms with van der Waals surface area (Å²) in [4.78, 5) is 6.38. The van der Waals surface area contributed by atoms with E-state index in [1.165, 1.54) is 0 Å². The van der Waals surface area contributed by atoms with Crippen LogP contribution in [0.5, 0.6) is 0 Å². The number of guanidine groups is 1. The maximum atomic E-state index is 4.30. The van der Waals surface area contributed by atoms with Crippen molar-refractivity contribution in [1.29, 1.82) is 0 Å². The van der Waals surface area contributed by atoms with E-state index in [1.807, 2.05) is 37.4 Å². The van der Waals surface area contributed by atoms with Crippen molar-refractivity contribution in [2.24, 2.45) is 4.99 Å². The fourth-order valence-corrected chi connectivity index (χ4v) is 1.32. The van der Waals surface area contributed by atoms with Crippen LogP contribution in [0.4, 0.5) is 5.69 Å². The van der Waals surface area contributed by atoms with E-state index in [0.29, 0.717) is 0 Å². The molecule has 1 aromatic rings. The third-order valence-corrected chi connectivity index (χ3v) is 2.15. The molecule has 0 unspecified atom stereocenters. The molecule has 15 heavy (non-hydrogen) atoms. The van der Waals surface area contributed by atoms with Crippen LogP contribution in [0, 0.1) is 0 Å². The molecule has 0 bridgehead atoms. The van der Waals surface area contributed by atoms with Crippen LogP contribution in [0.15, 0.2) is 35.3 Å². The monoisotopic (exact) mass is 318 g/mol. The smallest absolute Gasteiger partial charge is 0.212 e. The predicted molar refractivity (Wildman–Crippen MR) is 73.5 cm³/mol. The number of anilines is 1. The first-order valence-corrected chi connectivity index (χ1v) is 4.69. The third kappa shape index (κ3) is 3.26. The van der Waals surface area contributed by atoms with Crippen LogP contribution in [0.3, 0.4) is 0 Å². The van der Waals surface area contributed by atoms with Gasteiger partial charge in [0.2, 0.25) is 5.96 Å². The van der Waals surface area contributed by atoms with Gasteiger partial charge in [-0.25, -0.2) is 4.99 Å². The number of hydrazine groups is 1. The van der Waals surface area contributed by atoms with Crippen LogP contribution in [0.25, 0.3) is 0 Å². The van der Waals surface area contributed by atoms with Gasteiger partial charge in [0.05, 0.1) is 12.2 Å². The van der Waals surface area contributed by atoms with E-state index < -0.39 is 0 Å². The molecule has 0 aromatic heterocycles. The van der Waals surface area contributed by atoms with Crippen molar-refractivity contribution >= 4 is 35.6 Å². The Balaban J connectivity index is 0.00000112. The molecule has 0 atom stereocenters. The van der Waals surface area contributed by atoms with Gasteiger partial charge < -0.3 is 4.90 Å². The molecule has 1 heterocycles. The van der Waals surface area contributed by atoms with Gasteiger partial charge in [0, 0.05) is 13.6 Å². The first-order chi connectivity index (χ1) is 6.86. The van der Waals surface area contributed by atoms with Crippen molar-refractivity contribution in [2.75, 3.05) is 25.6 Å². The highest BCUT2D eigenvalue weighted by atomic mass is 127. The number of aliphatic imine (C=N–C) groups is 1. The van der Waals surface area contributed by atoms with Gasteiger partial charge in [-0.1, -0.05) is 18.2 Å². The lowest BCUT2D eigenvalue weighted by molar-refractivity contribution is 0.540. The number of para-hydroxylation sites is 1. The fourth-order valence-electron chi connectivity index (χ4n) is 1.32. The van der Waals surface area contributed by atoms with E-state index in [4.69, 9.17) is 0 Å². The lowest BCUT2D eigenvalue weighted by Crippen LogP contribution is -2.38. The molecule has 82 valence electrons. The lowest BCUT2D eigenvalue weighted by atomic mass is 10.3. The number of nitrogens with one attached hydrogen (secondary N) is 2. The molecule has 0 saturated carbocycles. The topological polar surface area (TPSA) is 39.7 Å². The van der Waals surface area contributed by atoms with E-state index in [-0.39, 0.29) is 24.0 Å². The van der Waals surface area contributed by atoms with Gasteiger partial charge in [0.15, 0.2) is 0 Å². The number of hydrogen-bond acceptors (Lipinski definition) is 4. The van der Waals surface area contributed by atoms with Crippen LogP contribution in [-0.4, -0.2) is 31.0 Å². The summed E-state index contributed by atoms with van der Waals surface area (Å²) in [7, 11) is 2.02. The lowest BCUT2D eigenvalue weighted by Gasteiger charge is -2.16. The molecule has 0 radical (unpaired) electrons. The molecule has 0 amide bonds. The second-order valence-corrected chi connectivity index (χ2v) is 3.24. The van der Waals surface area contributed by atoms with E-state index in [1.54, 1.807) is 0 Å². The Morgan fingerprint density at radius 2 is 1.93 bits per heavy atom. The zero-order valence-electron chi connectivity index (χ0n) is 8.60. The summed E-state index contributed by atoms with van der Waals surface area (Å²) < 4.78 is 0. The summed E-state index contributed by atoms with van der Waals surface area (Å²) in [6, 6.07) is 9.98. The molecule has 1 aromatic carbocycles. The highest BCUT2D eigenvalue weighted by Crippen LogP contribution is 2.03. The van der Waals surface area contributed by atoms with Crippen molar-refractivity contribution in [3.63, 3.8) is 0 Å². The Hall–Kier alpha value is -0.980. The van der Waals surface area contributed by atoms with Gasteiger partial charge >= 0.3 is 0 Å². The van der Waals surface area contributed by atoms with E-state index >= 15 is 0 Å². The predicted octanol–water partition coefficient (Wildman–Crippen LogP) is 1.52. The Morgan fingerprint density at radius 3 is 2.53 bits per heavy atom. The normalized spacial score (nSPS) is 14.2. The SMILES string of the molecule is CN1CCN=C1NNc1ccccc1.I. The van der Waals surface area contributed by atoms with Gasteiger partial charge in [-0.05, 0) is 12.1 Å². The molecule has 2 rings (SSSR count). The van der Waals surface area contributed by atoms with Crippen LogP contribution in [0.2, 0.25) is 0 Å². The van der Waals surface area contributed by atoms with Crippen LogP contribution < -0.4 is 10.9 Å². The van der Waals surface area contributed by atoms with Gasteiger partial charge in [0.25, 0.3) is 0 Å². The van der Waals surface area contributed by atoms with Gasteiger partial charge in [-0.2, -0.15) is 0 Å². The molecule has 4 nitrogen and oxygen atoms in total. The first-order valence-electron chi connectivity index (χ1n) is 4.69. The quantitative estimate of drug-likeness (QED) is 0.642. The Morgan fingerprint density at radius 1 is 1.20 bits per heavy atom. The summed E-state index contributed by atoms with van der Waals surface area (Å²) in [5, 5.41) is 0. The zero-order valence-corrected chi connectivity index (χ0v) is 10.9. The molecule has 2 N–H and O–H groups in total. The van der Waals surface area contributed by atoms with Crippen molar-refractivity contribution in [1.82, 2.24) is 10.3 Å². The molecule has 0 spiro atoms. The minimum Gasteiger partial charge on any atom is -0.343 e. The second-order valence-electron chi connectivity index (χ2n) is 3.24. The van der Waals surface area contributed by atoms with E-state index in [0.717, 1.165) is 24.7 Å². The average Bonchev–Trinajstić information content (AvgIpc) is 2.63. The zero-order chi connectivity index (χ0) is 9.80. The average molecular weight is 318 g/mol. The molecule has 1 aliphatic heterocycles. The Bertz CT molecular complexity index is 325. The van der Waals surface area contributed by atoms with Gasteiger partial charge in [0.1, 0.15) is 0 Å². The highest BCUT2D eigenvalue weighted by Gasteiger charge is 2.10. The number of nitrogens with zero attached hydrogens (tertiary/aromatic N) is 2. The summed E-state index contributed by atoms with van der Waals surface area (Å²) in [6.45, 7) is 1.86. The first kappa shape index (κ1) is 12.1. The summed E-state index contributed by atoms with van der Waals surface area (Å²) in [5.74, 6) is 0.897. The fraction of sp³-hybridized carbons (Fsp3) is 0.300.